The third-order valence-corrected chi connectivity index (χ3v) is 1.04. The fourth-order valence-corrected chi connectivity index (χ4v) is 0.598. The molecule has 0 fully saturated rings. The van der Waals surface area contributed by atoms with Gasteiger partial charge in [0.25, 0.3) is 0 Å². The fraction of sp³-hybridized carbons (Fsp3) is 0.400. The Morgan fingerprint density at radius 1 is 1.89 bits per heavy atom. The van der Waals surface area contributed by atoms with E-state index in [1.54, 1.807) is 0 Å². The highest BCUT2D eigenvalue weighted by Gasteiger charge is 2.21. The van der Waals surface area contributed by atoms with Gasteiger partial charge in [0.05, 0.1) is 6.61 Å². The first-order valence-electron chi connectivity index (χ1n) is 2.53. The van der Waals surface area contributed by atoms with Crippen molar-refractivity contribution < 1.29 is 14.6 Å². The van der Waals surface area contributed by atoms with Crippen molar-refractivity contribution in [2.45, 2.75) is 6.10 Å². The maximum absolute atomic E-state index is 10.4. The number of ether oxygens (including phenoxy) is 1. The molecule has 0 unspecified atom stereocenters. The summed E-state index contributed by atoms with van der Waals surface area (Å²) in [4.78, 5) is 10.4. The molecule has 4 nitrogen and oxygen atoms in total. The van der Waals surface area contributed by atoms with Crippen LogP contribution in [0, 0.1) is 0 Å². The Balaban J connectivity index is 2.62. The lowest BCUT2D eigenvalue weighted by atomic mass is 10.3. The lowest BCUT2D eigenvalue weighted by Gasteiger charge is -2.00. The van der Waals surface area contributed by atoms with Gasteiger partial charge in [-0.15, -0.1) is 0 Å². The minimum absolute atomic E-state index is 0.0778. The molecule has 0 aliphatic carbocycles. The number of aliphatic hydroxyl groups is 1. The summed E-state index contributed by atoms with van der Waals surface area (Å²) in [5.74, 6) is -0.547. The minimum Gasteiger partial charge on any atom is -0.451 e. The van der Waals surface area contributed by atoms with Gasteiger partial charge in [-0.1, -0.05) is 0 Å². The maximum Gasteiger partial charge on any atom is 0.354 e. The highest BCUT2D eigenvalue weighted by Crippen LogP contribution is 2.07. The van der Waals surface area contributed by atoms with Crippen molar-refractivity contribution in [3.05, 3.63) is 11.8 Å². The van der Waals surface area contributed by atoms with Gasteiger partial charge in [0.15, 0.2) is 0 Å². The Morgan fingerprint density at radius 2 is 2.56 bits per heavy atom. The molecule has 9 heavy (non-hydrogen) atoms. The number of nitrogens with two attached hydrogens (primary N) is 1. The van der Waals surface area contributed by atoms with Crippen LogP contribution in [0.15, 0.2) is 11.8 Å². The van der Waals surface area contributed by atoms with E-state index in [1.807, 2.05) is 0 Å². The van der Waals surface area contributed by atoms with Gasteiger partial charge in [-0.3, -0.25) is 0 Å². The molecule has 50 valence electrons. The molecule has 3 N–H and O–H groups in total. The second kappa shape index (κ2) is 2.06. The number of hydrogen-bond acceptors (Lipinski definition) is 4. The second-order valence-corrected chi connectivity index (χ2v) is 1.75. The van der Waals surface area contributed by atoms with Gasteiger partial charge in [0.1, 0.15) is 11.8 Å². The van der Waals surface area contributed by atoms with E-state index in [-0.39, 0.29) is 12.3 Å². The molecule has 0 saturated carbocycles. The average molecular weight is 129 g/mol. The smallest absolute Gasteiger partial charge is 0.354 e. The Morgan fingerprint density at radius 3 is 2.78 bits per heavy atom. The molecule has 0 aromatic heterocycles. The molecular weight excluding hydrogens is 122 g/mol. The van der Waals surface area contributed by atoms with Crippen LogP contribution in [0.2, 0.25) is 0 Å². The van der Waals surface area contributed by atoms with Gasteiger partial charge in [-0.25, -0.2) is 4.79 Å². The Kier molecular flexibility index (Phi) is 1.40. The van der Waals surface area contributed by atoms with Gasteiger partial charge in [0, 0.05) is 0 Å². The third-order valence-electron chi connectivity index (χ3n) is 1.04. The molecule has 0 amide bonds. The van der Waals surface area contributed by atoms with Crippen molar-refractivity contribution >= 4 is 5.97 Å². The number of carbonyl (C=O) groups excluding carboxylic acids is 1. The summed E-state index contributed by atoms with van der Waals surface area (Å²) < 4.78 is 4.52. The van der Waals surface area contributed by atoms with Crippen LogP contribution in [-0.2, 0) is 9.53 Å². The van der Waals surface area contributed by atoms with Crippen LogP contribution in [-0.4, -0.2) is 23.8 Å². The molecule has 0 radical (unpaired) electrons. The third kappa shape index (κ3) is 1.02. The maximum atomic E-state index is 10.4. The minimum atomic E-state index is -0.547. The molecule has 0 aromatic rings. The normalized spacial score (nSPS) is 25.7. The predicted molar refractivity (Wildman–Crippen MR) is 29.2 cm³/mol. The highest BCUT2D eigenvalue weighted by atomic mass is 16.6. The largest absolute Gasteiger partial charge is 0.451 e. The Labute approximate surface area is 51.9 Å². The van der Waals surface area contributed by atoms with Crippen LogP contribution < -0.4 is 5.73 Å². The molecule has 4 heteroatoms. The highest BCUT2D eigenvalue weighted by molar-refractivity contribution is 5.89. The molecule has 0 saturated heterocycles. The van der Waals surface area contributed by atoms with E-state index < -0.39 is 12.1 Å². The summed E-state index contributed by atoms with van der Waals surface area (Å²) in [5, 5.41) is 8.42. The zero-order valence-corrected chi connectivity index (χ0v) is 4.70. The van der Waals surface area contributed by atoms with Gasteiger partial charge in [-0.05, 0) is 6.08 Å². The monoisotopic (exact) mass is 129 g/mol. The van der Waals surface area contributed by atoms with E-state index >= 15 is 0 Å². The number of hydrogen-bond donors (Lipinski definition) is 2. The van der Waals surface area contributed by atoms with E-state index in [2.05, 4.69) is 4.74 Å². The van der Waals surface area contributed by atoms with E-state index in [0.717, 1.165) is 0 Å². The molecule has 1 atom stereocenters. The van der Waals surface area contributed by atoms with Crippen molar-refractivity contribution in [2.75, 3.05) is 6.61 Å². The summed E-state index contributed by atoms with van der Waals surface area (Å²) in [7, 11) is 0. The molecule has 0 bridgehead atoms. The molecule has 1 heterocycles. The van der Waals surface area contributed by atoms with Crippen LogP contribution in [0.25, 0.3) is 0 Å². The molecular formula is C5H7NO3. The van der Waals surface area contributed by atoms with Crippen molar-refractivity contribution in [3.63, 3.8) is 0 Å². The topological polar surface area (TPSA) is 72.6 Å². The molecule has 1 rings (SSSR count). The van der Waals surface area contributed by atoms with Gasteiger partial charge in [-0.2, -0.15) is 0 Å². The lowest BCUT2D eigenvalue weighted by Crippen LogP contribution is -2.13. The first kappa shape index (κ1) is 6.10. The number of esters is 1. The van der Waals surface area contributed by atoms with Gasteiger partial charge >= 0.3 is 5.97 Å². The summed E-state index contributed by atoms with van der Waals surface area (Å²) in [6.45, 7) is -0.202. The number of rotatable bonds is 1. The average Bonchev–Trinajstić information content (AvgIpc) is 2.13. The zero-order chi connectivity index (χ0) is 6.85. The van der Waals surface area contributed by atoms with Crippen LogP contribution in [0.1, 0.15) is 0 Å². The SMILES string of the molecule is NC1=C[C@@H](CO)OC1=O. The Hall–Kier alpha value is -1.03. The van der Waals surface area contributed by atoms with Crippen LogP contribution in [0.3, 0.4) is 0 Å². The van der Waals surface area contributed by atoms with E-state index in [1.165, 1.54) is 6.08 Å². The molecule has 1 aliphatic heterocycles. The van der Waals surface area contributed by atoms with E-state index in [0.29, 0.717) is 0 Å². The molecule has 0 spiro atoms. The van der Waals surface area contributed by atoms with Crippen molar-refractivity contribution in [2.24, 2.45) is 5.73 Å². The van der Waals surface area contributed by atoms with Crippen molar-refractivity contribution in [3.8, 4) is 0 Å². The van der Waals surface area contributed by atoms with Crippen LogP contribution in [0.4, 0.5) is 0 Å². The second-order valence-electron chi connectivity index (χ2n) is 1.75. The number of aliphatic hydroxyl groups excluding tert-OH is 1. The summed E-state index contributed by atoms with van der Waals surface area (Å²) >= 11 is 0. The summed E-state index contributed by atoms with van der Waals surface area (Å²) in [6.07, 6.45) is 0.861. The lowest BCUT2D eigenvalue weighted by molar-refractivity contribution is -0.140. The van der Waals surface area contributed by atoms with E-state index in [4.69, 9.17) is 10.8 Å². The summed E-state index contributed by atoms with van der Waals surface area (Å²) in [6, 6.07) is 0. The van der Waals surface area contributed by atoms with E-state index in [9.17, 15) is 4.79 Å². The van der Waals surface area contributed by atoms with Gasteiger partial charge in [0.2, 0.25) is 0 Å². The predicted octanol–water partition coefficient (Wildman–Crippen LogP) is -1.25. The van der Waals surface area contributed by atoms with Crippen molar-refractivity contribution in [1.29, 1.82) is 0 Å². The first-order chi connectivity index (χ1) is 4.24. The van der Waals surface area contributed by atoms with Crippen LogP contribution in [0.5, 0.6) is 0 Å². The first-order valence-corrected chi connectivity index (χ1v) is 2.53. The standard InChI is InChI=1S/C5H7NO3/c6-4-1-3(2-7)9-5(4)8/h1,3,7H,2,6H2/t3-/m0/s1. The number of carbonyl (C=O) groups is 1. The summed E-state index contributed by atoms with van der Waals surface area (Å²) in [5.41, 5.74) is 5.20. The van der Waals surface area contributed by atoms with Crippen molar-refractivity contribution in [1.82, 2.24) is 0 Å². The quantitative estimate of drug-likeness (QED) is 0.434. The number of cyclic esters (lactones) is 1. The molecule has 0 aromatic carbocycles. The zero-order valence-electron chi connectivity index (χ0n) is 4.70. The van der Waals surface area contributed by atoms with Crippen LogP contribution >= 0.6 is 0 Å². The Bertz CT molecular complexity index is 164. The fourth-order valence-electron chi connectivity index (χ4n) is 0.598. The van der Waals surface area contributed by atoms with Gasteiger partial charge < -0.3 is 15.6 Å². The molecule has 1 aliphatic rings.